The summed E-state index contributed by atoms with van der Waals surface area (Å²) in [7, 11) is 2.75. The van der Waals surface area contributed by atoms with E-state index in [0.717, 1.165) is 44.8 Å². The van der Waals surface area contributed by atoms with Crippen LogP contribution in [0.2, 0.25) is 6.04 Å². The van der Waals surface area contributed by atoms with Crippen molar-refractivity contribution in [3.8, 4) is 0 Å². The summed E-state index contributed by atoms with van der Waals surface area (Å²) in [5.41, 5.74) is 11.9. The van der Waals surface area contributed by atoms with Crippen LogP contribution in [-0.4, -0.2) is 60.8 Å². The first-order valence-corrected chi connectivity index (χ1v) is 9.46. The van der Waals surface area contributed by atoms with Crippen molar-refractivity contribution in [2.75, 3.05) is 41.0 Å². The fourth-order valence-electron chi connectivity index (χ4n) is 3.40. The summed E-state index contributed by atoms with van der Waals surface area (Å²) in [6, 6.07) is 0.917. The van der Waals surface area contributed by atoms with Gasteiger partial charge in [0.1, 0.15) is 5.22 Å². The lowest BCUT2D eigenvalue weighted by Gasteiger charge is -2.51. The molecule has 0 spiro atoms. The molecule has 0 aromatic rings. The molecule has 5 N–H and O–H groups in total. The maximum atomic E-state index is 6.40. The second kappa shape index (κ2) is 8.43. The highest BCUT2D eigenvalue weighted by Gasteiger charge is 2.62. The lowest BCUT2D eigenvalue weighted by molar-refractivity contribution is -0.0285. The van der Waals surface area contributed by atoms with E-state index >= 15 is 0 Å². The molecule has 0 radical (unpaired) electrons. The van der Waals surface area contributed by atoms with Crippen molar-refractivity contribution < 1.29 is 13.6 Å². The van der Waals surface area contributed by atoms with Gasteiger partial charge in [0.15, 0.2) is 0 Å². The van der Waals surface area contributed by atoms with Crippen LogP contribution in [0.3, 0.4) is 0 Å². The van der Waals surface area contributed by atoms with Crippen LogP contribution in [0, 0.1) is 0 Å². The molecule has 0 aromatic carbocycles. The normalized spacial score (nSPS) is 29.6. The van der Waals surface area contributed by atoms with Crippen LogP contribution < -0.4 is 16.8 Å². The minimum absolute atomic E-state index is 0.0256. The molecule has 1 heterocycles. The predicted molar refractivity (Wildman–Crippen MR) is 82.7 cm³/mol. The van der Waals surface area contributed by atoms with Crippen LogP contribution in [0.4, 0.5) is 0 Å². The minimum atomic E-state index is -2.44. The van der Waals surface area contributed by atoms with Crippen LogP contribution in [0.1, 0.15) is 25.7 Å². The van der Waals surface area contributed by atoms with Gasteiger partial charge in [-0.25, -0.2) is 0 Å². The quantitative estimate of drug-likeness (QED) is 0.413. The smallest absolute Gasteiger partial charge is 0.372 e. The molecule has 1 aliphatic rings. The second-order valence-electron chi connectivity index (χ2n) is 5.40. The van der Waals surface area contributed by atoms with Crippen LogP contribution in [0.15, 0.2) is 0 Å². The van der Waals surface area contributed by atoms with E-state index < -0.39 is 13.8 Å². The fraction of sp³-hybridized carbons (Fsp3) is 1.00. The molecule has 1 aliphatic heterocycles. The zero-order valence-electron chi connectivity index (χ0n) is 13.1. The molecular formula is C13H31N3O3Si. The van der Waals surface area contributed by atoms with Crippen molar-refractivity contribution in [1.82, 2.24) is 5.32 Å². The van der Waals surface area contributed by atoms with Crippen molar-refractivity contribution in [1.29, 1.82) is 0 Å². The minimum Gasteiger partial charge on any atom is -0.396 e. The Morgan fingerprint density at radius 2 is 1.95 bits per heavy atom. The van der Waals surface area contributed by atoms with Gasteiger partial charge in [-0.2, -0.15) is 0 Å². The Labute approximate surface area is 123 Å². The van der Waals surface area contributed by atoms with Gasteiger partial charge in [0, 0.05) is 40.5 Å². The van der Waals surface area contributed by atoms with Gasteiger partial charge in [-0.05, 0) is 38.3 Å². The first kappa shape index (κ1) is 18.0. The number of nitrogens with one attached hydrogen (secondary N) is 1. The summed E-state index contributed by atoms with van der Waals surface area (Å²) < 4.78 is 17.6. The van der Waals surface area contributed by atoms with Gasteiger partial charge in [0.25, 0.3) is 0 Å². The fourth-order valence-corrected chi connectivity index (χ4v) is 7.34. The molecule has 1 rings (SSSR count). The Morgan fingerprint density at radius 1 is 1.25 bits per heavy atom. The van der Waals surface area contributed by atoms with Crippen LogP contribution in [-0.2, 0) is 13.6 Å². The molecule has 1 saturated heterocycles. The second-order valence-corrected chi connectivity index (χ2v) is 9.06. The van der Waals surface area contributed by atoms with Crippen LogP contribution in [0.25, 0.3) is 0 Å². The van der Waals surface area contributed by atoms with E-state index in [4.69, 9.17) is 25.1 Å². The number of rotatable bonds is 9. The largest absolute Gasteiger partial charge is 0.396 e. The van der Waals surface area contributed by atoms with E-state index in [2.05, 4.69) is 5.32 Å². The Kier molecular flexibility index (Phi) is 7.60. The molecule has 0 bridgehead atoms. The number of ether oxygens (including phenoxy) is 1. The SMILES string of the molecule is COC1(CCCNCCN)C(N)CCC[Si]1(OC)OC. The molecule has 20 heavy (non-hydrogen) atoms. The van der Waals surface area contributed by atoms with E-state index in [9.17, 15) is 0 Å². The Bertz CT molecular complexity index is 280. The van der Waals surface area contributed by atoms with E-state index in [-0.39, 0.29) is 6.04 Å². The topological polar surface area (TPSA) is 91.8 Å². The van der Waals surface area contributed by atoms with Gasteiger partial charge < -0.3 is 30.4 Å². The maximum Gasteiger partial charge on any atom is 0.372 e. The molecule has 0 amide bonds. The van der Waals surface area contributed by atoms with Gasteiger partial charge in [-0.1, -0.05) is 0 Å². The number of methoxy groups -OCH3 is 1. The molecule has 1 fully saturated rings. The van der Waals surface area contributed by atoms with Crippen molar-refractivity contribution in [2.24, 2.45) is 11.5 Å². The highest BCUT2D eigenvalue weighted by atomic mass is 28.4. The molecule has 2 unspecified atom stereocenters. The highest BCUT2D eigenvalue weighted by Crippen LogP contribution is 2.42. The standard InChI is InChI=1S/C13H31N3O3Si/c1-17-13(7-5-9-16-10-8-14)12(15)6-4-11-20(13,18-2)19-3/h12,16H,4-11,14-15H2,1-3H3. The zero-order valence-corrected chi connectivity index (χ0v) is 14.1. The molecule has 2 atom stereocenters. The first-order chi connectivity index (χ1) is 9.62. The number of hydrogen-bond donors (Lipinski definition) is 3. The third-order valence-electron chi connectivity index (χ3n) is 4.51. The summed E-state index contributed by atoms with van der Waals surface area (Å²) in [5.74, 6) is 0. The van der Waals surface area contributed by atoms with Crippen molar-refractivity contribution in [3.63, 3.8) is 0 Å². The van der Waals surface area contributed by atoms with Gasteiger partial charge >= 0.3 is 8.56 Å². The number of hydrogen-bond acceptors (Lipinski definition) is 6. The monoisotopic (exact) mass is 305 g/mol. The Balaban J connectivity index is 2.77. The van der Waals surface area contributed by atoms with Gasteiger partial charge in [-0.3, -0.25) is 0 Å². The lowest BCUT2D eigenvalue weighted by atomic mass is 10.0. The third kappa shape index (κ3) is 3.41. The van der Waals surface area contributed by atoms with Gasteiger partial charge in [0.05, 0.1) is 0 Å². The average Bonchev–Trinajstić information content (AvgIpc) is 2.48. The van der Waals surface area contributed by atoms with E-state index in [1.165, 1.54) is 0 Å². The summed E-state index contributed by atoms with van der Waals surface area (Å²) >= 11 is 0. The van der Waals surface area contributed by atoms with Crippen LogP contribution in [0.5, 0.6) is 0 Å². The Hall–Kier alpha value is -0.0231. The zero-order chi connectivity index (χ0) is 15.1. The molecule has 6 nitrogen and oxygen atoms in total. The average molecular weight is 305 g/mol. The molecule has 0 aliphatic carbocycles. The van der Waals surface area contributed by atoms with Crippen LogP contribution >= 0.6 is 0 Å². The maximum absolute atomic E-state index is 6.40. The molecule has 0 saturated carbocycles. The molecule has 0 aromatic heterocycles. The summed E-state index contributed by atoms with van der Waals surface area (Å²) in [5, 5.41) is 2.85. The lowest BCUT2D eigenvalue weighted by Crippen LogP contribution is -2.72. The Morgan fingerprint density at radius 3 is 2.50 bits per heavy atom. The summed E-state index contributed by atoms with van der Waals surface area (Å²) in [4.78, 5) is 0. The number of nitrogens with two attached hydrogens (primary N) is 2. The highest BCUT2D eigenvalue weighted by molar-refractivity contribution is 6.71. The van der Waals surface area contributed by atoms with Crippen molar-refractivity contribution in [2.45, 2.75) is 43.0 Å². The van der Waals surface area contributed by atoms with E-state index in [1.54, 1.807) is 21.3 Å². The molecular weight excluding hydrogens is 274 g/mol. The first-order valence-electron chi connectivity index (χ1n) is 7.44. The third-order valence-corrected chi connectivity index (χ3v) is 8.96. The van der Waals surface area contributed by atoms with Crippen molar-refractivity contribution >= 4 is 8.56 Å². The van der Waals surface area contributed by atoms with Gasteiger partial charge in [-0.15, -0.1) is 0 Å². The van der Waals surface area contributed by atoms with Crippen molar-refractivity contribution in [3.05, 3.63) is 0 Å². The summed E-state index contributed by atoms with van der Waals surface area (Å²) in [6.07, 6.45) is 3.84. The molecule has 120 valence electrons. The van der Waals surface area contributed by atoms with E-state index in [0.29, 0.717) is 6.54 Å². The molecule has 7 heteroatoms. The summed E-state index contributed by atoms with van der Waals surface area (Å²) in [6.45, 7) is 2.40. The van der Waals surface area contributed by atoms with E-state index in [1.807, 2.05) is 0 Å². The predicted octanol–water partition coefficient (Wildman–Crippen LogP) is 0.0954. The van der Waals surface area contributed by atoms with Gasteiger partial charge in [0.2, 0.25) is 0 Å².